The number of nitrogens with one attached hydrogen (secondary N) is 1. The Morgan fingerprint density at radius 2 is 1.72 bits per heavy atom. The number of ether oxygens (including phenoxy) is 1. The molecule has 2 aromatic rings. The smallest absolute Gasteiger partial charge is 0.228 e. The molecule has 5 heteroatoms. The molecular weight excluding hydrogens is 367 g/mol. The maximum Gasteiger partial charge on any atom is 0.228 e. The number of hydrogen-bond donors (Lipinski definition) is 1. The van der Waals surface area contributed by atoms with E-state index in [0.717, 1.165) is 62.3 Å². The molecule has 1 heterocycles. The second-order valence-corrected chi connectivity index (χ2v) is 8.24. The molecule has 1 atom stereocenters. The highest BCUT2D eigenvalue weighted by Crippen LogP contribution is 2.26. The molecule has 1 N–H and O–H groups in total. The zero-order chi connectivity index (χ0) is 20.1. The first kappa shape index (κ1) is 19.9. The molecule has 1 amide bonds. The third-order valence-electron chi connectivity index (χ3n) is 5.92. The maximum absolute atomic E-state index is 13.1. The van der Waals surface area contributed by atoms with Crippen molar-refractivity contribution in [2.24, 2.45) is 5.92 Å². The molecule has 2 fully saturated rings. The molecule has 1 unspecified atom stereocenters. The summed E-state index contributed by atoms with van der Waals surface area (Å²) >= 11 is 0. The minimum atomic E-state index is -0.218. The first-order valence-electron chi connectivity index (χ1n) is 10.7. The molecule has 2 aromatic carbocycles. The van der Waals surface area contributed by atoms with Gasteiger partial charge in [-0.2, -0.15) is 0 Å². The highest BCUT2D eigenvalue weighted by Gasteiger charge is 2.26. The van der Waals surface area contributed by atoms with Crippen LogP contribution in [-0.4, -0.2) is 30.0 Å². The highest BCUT2D eigenvalue weighted by atomic mass is 19.1. The molecule has 1 aliphatic carbocycles. The number of hydrogen-bond acceptors (Lipinski definition) is 3. The van der Waals surface area contributed by atoms with Gasteiger partial charge in [-0.05, 0) is 87.0 Å². The number of halogens is 1. The second kappa shape index (κ2) is 9.40. The average Bonchev–Trinajstić information content (AvgIpc) is 3.24. The van der Waals surface area contributed by atoms with Gasteiger partial charge in [0, 0.05) is 18.8 Å². The van der Waals surface area contributed by atoms with Crippen molar-refractivity contribution in [3.63, 3.8) is 0 Å². The third kappa shape index (κ3) is 5.57. The zero-order valence-electron chi connectivity index (χ0n) is 16.8. The van der Waals surface area contributed by atoms with Crippen molar-refractivity contribution in [2.75, 3.05) is 18.4 Å². The van der Waals surface area contributed by atoms with Gasteiger partial charge in [0.05, 0.1) is 12.0 Å². The fraction of sp³-hybridized carbons (Fsp3) is 0.458. The van der Waals surface area contributed by atoms with E-state index < -0.39 is 0 Å². The number of benzene rings is 2. The van der Waals surface area contributed by atoms with Crippen LogP contribution < -0.4 is 10.1 Å². The molecule has 0 bridgehead atoms. The van der Waals surface area contributed by atoms with Crippen LogP contribution in [0.25, 0.3) is 0 Å². The van der Waals surface area contributed by atoms with Crippen molar-refractivity contribution in [3.05, 3.63) is 59.9 Å². The lowest BCUT2D eigenvalue weighted by atomic mass is 9.96. The number of nitrogens with zero attached hydrogens (tertiary/aromatic N) is 1. The van der Waals surface area contributed by atoms with Crippen LogP contribution in [-0.2, 0) is 11.3 Å². The van der Waals surface area contributed by atoms with E-state index in [9.17, 15) is 9.18 Å². The molecule has 0 aromatic heterocycles. The van der Waals surface area contributed by atoms with Gasteiger partial charge in [-0.1, -0.05) is 12.1 Å². The number of rotatable bonds is 6. The van der Waals surface area contributed by atoms with Crippen LogP contribution in [0.15, 0.2) is 48.5 Å². The minimum absolute atomic E-state index is 0.0291. The van der Waals surface area contributed by atoms with Crippen LogP contribution in [0.2, 0.25) is 0 Å². The third-order valence-corrected chi connectivity index (χ3v) is 5.92. The molecule has 0 spiro atoms. The minimum Gasteiger partial charge on any atom is -0.490 e. The fourth-order valence-electron chi connectivity index (χ4n) is 4.32. The number of likely N-dealkylation sites (tertiary alicyclic amines) is 1. The van der Waals surface area contributed by atoms with Gasteiger partial charge in [0.1, 0.15) is 11.6 Å². The molecule has 1 saturated heterocycles. The Kier molecular flexibility index (Phi) is 6.45. The summed E-state index contributed by atoms with van der Waals surface area (Å²) < 4.78 is 19.1. The normalized spacial score (nSPS) is 20.5. The van der Waals surface area contributed by atoms with Gasteiger partial charge in [-0.25, -0.2) is 4.39 Å². The fourth-order valence-corrected chi connectivity index (χ4v) is 4.32. The van der Waals surface area contributed by atoms with Crippen molar-refractivity contribution in [2.45, 2.75) is 51.2 Å². The van der Waals surface area contributed by atoms with Crippen molar-refractivity contribution >= 4 is 11.6 Å². The predicted molar refractivity (Wildman–Crippen MR) is 112 cm³/mol. The van der Waals surface area contributed by atoms with Gasteiger partial charge >= 0.3 is 0 Å². The number of anilines is 1. The van der Waals surface area contributed by atoms with Crippen molar-refractivity contribution < 1.29 is 13.9 Å². The van der Waals surface area contributed by atoms with Crippen LogP contribution in [0.4, 0.5) is 10.1 Å². The largest absolute Gasteiger partial charge is 0.490 e. The Morgan fingerprint density at radius 1 is 1.00 bits per heavy atom. The summed E-state index contributed by atoms with van der Waals surface area (Å²) in [4.78, 5) is 15.0. The summed E-state index contributed by atoms with van der Waals surface area (Å²) in [6.07, 6.45) is 6.99. The maximum atomic E-state index is 13.1. The van der Waals surface area contributed by atoms with E-state index in [2.05, 4.69) is 10.2 Å². The van der Waals surface area contributed by atoms with Gasteiger partial charge in [0.2, 0.25) is 5.91 Å². The monoisotopic (exact) mass is 396 g/mol. The molecule has 2 aliphatic rings. The molecule has 1 saturated carbocycles. The van der Waals surface area contributed by atoms with Gasteiger partial charge in [0.25, 0.3) is 0 Å². The Morgan fingerprint density at radius 3 is 2.45 bits per heavy atom. The topological polar surface area (TPSA) is 41.6 Å². The van der Waals surface area contributed by atoms with Gasteiger partial charge in [-0.15, -0.1) is 0 Å². The molecule has 0 radical (unpaired) electrons. The van der Waals surface area contributed by atoms with Gasteiger partial charge in [0.15, 0.2) is 0 Å². The Balaban J connectivity index is 1.28. The molecule has 4 rings (SSSR count). The average molecular weight is 397 g/mol. The van der Waals surface area contributed by atoms with Crippen LogP contribution in [0.3, 0.4) is 0 Å². The number of piperidine rings is 1. The number of carbonyl (C=O) groups excluding carboxylic acids is 1. The van der Waals surface area contributed by atoms with Gasteiger partial charge < -0.3 is 10.1 Å². The van der Waals surface area contributed by atoms with E-state index in [1.165, 1.54) is 25.0 Å². The van der Waals surface area contributed by atoms with Crippen LogP contribution in [0, 0.1) is 11.7 Å². The van der Waals surface area contributed by atoms with E-state index in [-0.39, 0.29) is 17.6 Å². The summed E-state index contributed by atoms with van der Waals surface area (Å²) in [5, 5.41) is 3.05. The summed E-state index contributed by atoms with van der Waals surface area (Å²) in [7, 11) is 0. The van der Waals surface area contributed by atoms with Crippen molar-refractivity contribution in [1.29, 1.82) is 0 Å². The van der Waals surface area contributed by atoms with Gasteiger partial charge in [-0.3, -0.25) is 9.69 Å². The zero-order valence-corrected chi connectivity index (χ0v) is 16.8. The number of carbonyl (C=O) groups is 1. The standard InChI is InChI=1S/C24H29FN2O2/c25-20-9-7-18(8-10-20)16-27-15-3-4-19(17-27)24(28)26-21-11-13-23(14-12-21)29-22-5-1-2-6-22/h7-14,19,22H,1-6,15-17H2,(H,26,28). The quantitative estimate of drug-likeness (QED) is 0.747. The van der Waals surface area contributed by atoms with E-state index >= 15 is 0 Å². The molecule has 154 valence electrons. The Hall–Kier alpha value is -2.40. The molecular formula is C24H29FN2O2. The lowest BCUT2D eigenvalue weighted by molar-refractivity contribution is -0.121. The van der Waals surface area contributed by atoms with E-state index in [0.29, 0.717) is 6.10 Å². The van der Waals surface area contributed by atoms with E-state index in [4.69, 9.17) is 4.74 Å². The molecule has 4 nitrogen and oxygen atoms in total. The summed E-state index contributed by atoms with van der Waals surface area (Å²) in [5.74, 6) is 0.694. The summed E-state index contributed by atoms with van der Waals surface area (Å²) in [5.41, 5.74) is 1.88. The second-order valence-electron chi connectivity index (χ2n) is 8.24. The molecule has 1 aliphatic heterocycles. The van der Waals surface area contributed by atoms with Crippen molar-refractivity contribution in [3.8, 4) is 5.75 Å². The van der Waals surface area contributed by atoms with E-state index in [1.807, 2.05) is 36.4 Å². The predicted octanol–water partition coefficient (Wildman–Crippen LogP) is 5.00. The van der Waals surface area contributed by atoms with Crippen LogP contribution in [0.1, 0.15) is 44.1 Å². The SMILES string of the molecule is O=C(Nc1ccc(OC2CCCC2)cc1)C1CCCN(Cc2ccc(F)cc2)C1. The first-order chi connectivity index (χ1) is 14.2. The van der Waals surface area contributed by atoms with Crippen LogP contribution >= 0.6 is 0 Å². The number of amides is 1. The summed E-state index contributed by atoms with van der Waals surface area (Å²) in [6.45, 7) is 2.44. The highest BCUT2D eigenvalue weighted by molar-refractivity contribution is 5.92. The van der Waals surface area contributed by atoms with Crippen LogP contribution in [0.5, 0.6) is 5.75 Å². The Labute approximate surface area is 172 Å². The van der Waals surface area contributed by atoms with Crippen molar-refractivity contribution in [1.82, 2.24) is 4.90 Å². The summed E-state index contributed by atoms with van der Waals surface area (Å²) in [6, 6.07) is 14.3. The molecule has 29 heavy (non-hydrogen) atoms. The Bertz CT molecular complexity index is 801. The lowest BCUT2D eigenvalue weighted by Gasteiger charge is -2.32. The van der Waals surface area contributed by atoms with E-state index in [1.54, 1.807) is 0 Å². The first-order valence-corrected chi connectivity index (χ1v) is 10.7. The lowest BCUT2D eigenvalue weighted by Crippen LogP contribution is -2.40.